The number of nitrogens with zero attached hydrogens (tertiary/aromatic N) is 2. The molecule has 1 aromatic rings. The van der Waals surface area contributed by atoms with Gasteiger partial charge >= 0.3 is 0 Å². The highest BCUT2D eigenvalue weighted by molar-refractivity contribution is 7.89. The van der Waals surface area contributed by atoms with Gasteiger partial charge in [0.25, 0.3) is 0 Å². The van der Waals surface area contributed by atoms with Gasteiger partial charge in [0.2, 0.25) is 20.0 Å². The van der Waals surface area contributed by atoms with Crippen molar-refractivity contribution < 1.29 is 16.8 Å². The lowest BCUT2D eigenvalue weighted by molar-refractivity contribution is 0.273. The lowest BCUT2D eigenvalue weighted by atomic mass is 10.4. The zero-order chi connectivity index (χ0) is 16.4. The molecule has 124 valence electrons. The normalized spacial score (nSPS) is 18.5. The molecule has 0 radical (unpaired) electrons. The van der Waals surface area contributed by atoms with Crippen LogP contribution in [0.2, 0.25) is 5.02 Å². The van der Waals surface area contributed by atoms with E-state index in [2.05, 4.69) is 0 Å². The van der Waals surface area contributed by atoms with Crippen molar-refractivity contribution in [2.24, 2.45) is 0 Å². The minimum atomic E-state index is -3.61. The molecule has 0 bridgehead atoms. The molecular weight excluding hydrogens is 348 g/mol. The molecule has 1 heterocycles. The zero-order valence-corrected chi connectivity index (χ0v) is 14.7. The molecule has 1 aliphatic heterocycles. The van der Waals surface area contributed by atoms with Crippen LogP contribution < -0.4 is 0 Å². The van der Waals surface area contributed by atoms with Crippen molar-refractivity contribution >= 4 is 31.6 Å². The summed E-state index contributed by atoms with van der Waals surface area (Å²) in [5, 5.41) is 0.467. The maximum Gasteiger partial charge on any atom is 0.243 e. The number of hydrogen-bond acceptors (Lipinski definition) is 4. The van der Waals surface area contributed by atoms with E-state index < -0.39 is 20.0 Å². The van der Waals surface area contributed by atoms with Crippen molar-refractivity contribution in [3.63, 3.8) is 0 Å². The number of halogens is 1. The topological polar surface area (TPSA) is 74.8 Å². The largest absolute Gasteiger partial charge is 0.243 e. The predicted molar refractivity (Wildman–Crippen MR) is 85.9 cm³/mol. The Bertz CT molecular complexity index is 709. The van der Waals surface area contributed by atoms with Gasteiger partial charge < -0.3 is 0 Å². The highest BCUT2D eigenvalue weighted by atomic mass is 35.5. The van der Waals surface area contributed by atoms with Gasteiger partial charge in [-0.15, -0.1) is 0 Å². The van der Waals surface area contributed by atoms with Gasteiger partial charge in [-0.25, -0.2) is 16.8 Å². The zero-order valence-electron chi connectivity index (χ0n) is 12.3. The Morgan fingerprint density at radius 2 is 1.45 bits per heavy atom. The summed E-state index contributed by atoms with van der Waals surface area (Å²) in [6.45, 7) is 2.50. The van der Waals surface area contributed by atoms with Crippen LogP contribution in [0.5, 0.6) is 0 Å². The minimum absolute atomic E-state index is 0.0942. The summed E-state index contributed by atoms with van der Waals surface area (Å²) in [7, 11) is -6.88. The van der Waals surface area contributed by atoms with E-state index in [9.17, 15) is 16.8 Å². The van der Waals surface area contributed by atoms with Crippen molar-refractivity contribution in [2.45, 2.75) is 18.2 Å². The Morgan fingerprint density at radius 1 is 0.955 bits per heavy atom. The van der Waals surface area contributed by atoms with Gasteiger partial charge in [0.05, 0.1) is 10.6 Å². The Balaban J connectivity index is 2.09. The Kier molecular flexibility index (Phi) is 5.50. The molecule has 22 heavy (non-hydrogen) atoms. The van der Waals surface area contributed by atoms with Crippen LogP contribution in [-0.2, 0) is 20.0 Å². The molecule has 0 amide bonds. The fourth-order valence-corrected chi connectivity index (χ4v) is 5.37. The molecule has 0 saturated carbocycles. The van der Waals surface area contributed by atoms with Crippen LogP contribution in [0.25, 0.3) is 0 Å². The maximum atomic E-state index is 12.5. The molecular formula is C13H19ClN2O4S2. The highest BCUT2D eigenvalue weighted by Gasteiger charge is 2.32. The standard InChI is InChI=1S/C13H19ClN2O4S2/c1-2-11-21(17,18)15-7-9-16(10-8-15)22(19,20)13-5-3-12(14)4-6-13/h3-6H,2,7-11H2,1H3. The van der Waals surface area contributed by atoms with Gasteiger partial charge in [-0.3, -0.25) is 0 Å². The average Bonchev–Trinajstić information content (AvgIpc) is 2.48. The van der Waals surface area contributed by atoms with E-state index in [1.54, 1.807) is 6.92 Å². The maximum absolute atomic E-state index is 12.5. The van der Waals surface area contributed by atoms with Crippen LogP contribution in [0.4, 0.5) is 0 Å². The predicted octanol–water partition coefficient (Wildman–Crippen LogP) is 1.39. The lowest BCUT2D eigenvalue weighted by Crippen LogP contribution is -2.50. The first-order valence-corrected chi connectivity index (χ1v) is 10.4. The monoisotopic (exact) mass is 366 g/mol. The summed E-state index contributed by atoms with van der Waals surface area (Å²) in [5.41, 5.74) is 0. The summed E-state index contributed by atoms with van der Waals surface area (Å²) in [4.78, 5) is 0.168. The smallest absolute Gasteiger partial charge is 0.212 e. The number of benzene rings is 1. The van der Waals surface area contributed by atoms with E-state index in [-0.39, 0.29) is 36.8 Å². The van der Waals surface area contributed by atoms with Gasteiger partial charge in [0.15, 0.2) is 0 Å². The Hall–Kier alpha value is -0.670. The van der Waals surface area contributed by atoms with E-state index in [0.717, 1.165) is 0 Å². The van der Waals surface area contributed by atoms with Gasteiger partial charge in [0.1, 0.15) is 0 Å². The summed E-state index contributed by atoms with van der Waals surface area (Å²) in [6.07, 6.45) is 0.547. The van der Waals surface area contributed by atoms with Crippen LogP contribution in [-0.4, -0.2) is 57.4 Å². The summed E-state index contributed by atoms with van der Waals surface area (Å²) < 4.78 is 51.7. The Labute approximate surface area is 136 Å². The molecule has 0 aromatic heterocycles. The van der Waals surface area contributed by atoms with Crippen LogP contribution in [0.15, 0.2) is 29.2 Å². The molecule has 1 fully saturated rings. The van der Waals surface area contributed by atoms with Crippen molar-refractivity contribution in [1.29, 1.82) is 0 Å². The molecule has 1 saturated heterocycles. The molecule has 0 spiro atoms. The number of rotatable bonds is 5. The van der Waals surface area contributed by atoms with Gasteiger partial charge in [-0.1, -0.05) is 18.5 Å². The molecule has 2 rings (SSSR count). The molecule has 0 unspecified atom stereocenters. The Morgan fingerprint density at radius 3 is 1.95 bits per heavy atom. The molecule has 1 aliphatic rings. The van der Waals surface area contributed by atoms with E-state index in [4.69, 9.17) is 11.6 Å². The molecule has 9 heteroatoms. The van der Waals surface area contributed by atoms with Crippen molar-refractivity contribution in [3.8, 4) is 0 Å². The van der Waals surface area contributed by atoms with Gasteiger partial charge in [0, 0.05) is 31.2 Å². The fourth-order valence-electron chi connectivity index (χ4n) is 2.33. The second-order valence-corrected chi connectivity index (χ2v) is 9.54. The van der Waals surface area contributed by atoms with Crippen LogP contribution in [0.1, 0.15) is 13.3 Å². The third kappa shape index (κ3) is 3.80. The second kappa shape index (κ2) is 6.84. The van der Waals surface area contributed by atoms with Crippen LogP contribution in [0, 0.1) is 0 Å². The van der Waals surface area contributed by atoms with Crippen LogP contribution in [0.3, 0.4) is 0 Å². The van der Waals surface area contributed by atoms with E-state index in [1.807, 2.05) is 0 Å². The average molecular weight is 367 g/mol. The van der Waals surface area contributed by atoms with Crippen molar-refractivity contribution in [2.75, 3.05) is 31.9 Å². The minimum Gasteiger partial charge on any atom is -0.212 e. The molecule has 0 aliphatic carbocycles. The van der Waals surface area contributed by atoms with E-state index in [1.165, 1.54) is 32.9 Å². The molecule has 1 aromatic carbocycles. The SMILES string of the molecule is CCCS(=O)(=O)N1CCN(S(=O)(=O)c2ccc(Cl)cc2)CC1. The van der Waals surface area contributed by atoms with Crippen molar-refractivity contribution in [3.05, 3.63) is 29.3 Å². The van der Waals surface area contributed by atoms with Gasteiger partial charge in [-0.05, 0) is 30.7 Å². The first-order valence-electron chi connectivity index (χ1n) is 7.01. The van der Waals surface area contributed by atoms with Crippen LogP contribution >= 0.6 is 11.6 Å². The summed E-state index contributed by atoms with van der Waals surface area (Å²) >= 11 is 5.76. The van der Waals surface area contributed by atoms with Crippen molar-refractivity contribution in [1.82, 2.24) is 8.61 Å². The number of piperazine rings is 1. The number of sulfonamides is 2. The molecule has 0 N–H and O–H groups in total. The fraction of sp³-hybridized carbons (Fsp3) is 0.538. The third-order valence-corrected chi connectivity index (χ3v) is 7.75. The summed E-state index contributed by atoms with van der Waals surface area (Å²) in [6, 6.07) is 5.96. The first-order chi connectivity index (χ1) is 10.3. The quantitative estimate of drug-likeness (QED) is 0.789. The third-order valence-electron chi connectivity index (χ3n) is 3.50. The molecule has 6 nitrogen and oxygen atoms in total. The van der Waals surface area contributed by atoms with E-state index in [0.29, 0.717) is 11.4 Å². The lowest BCUT2D eigenvalue weighted by Gasteiger charge is -2.33. The molecule has 0 atom stereocenters. The van der Waals surface area contributed by atoms with Gasteiger partial charge in [-0.2, -0.15) is 8.61 Å². The number of hydrogen-bond donors (Lipinski definition) is 0. The second-order valence-electron chi connectivity index (χ2n) is 5.07. The first kappa shape index (κ1) is 17.7. The highest BCUT2D eigenvalue weighted by Crippen LogP contribution is 2.20. The van der Waals surface area contributed by atoms with E-state index >= 15 is 0 Å². The summed E-state index contributed by atoms with van der Waals surface area (Å²) in [5.74, 6) is 0.0942.